The molecule has 3 rings (SSSR count). The van der Waals surface area contributed by atoms with E-state index in [1.165, 1.54) is 6.21 Å². The van der Waals surface area contributed by atoms with Gasteiger partial charge in [-0.25, -0.2) is 10.2 Å². The van der Waals surface area contributed by atoms with Crippen LogP contribution in [0, 0.1) is 13.8 Å². The molecule has 7 heteroatoms. The molecule has 3 aromatic carbocycles. The van der Waals surface area contributed by atoms with Crippen LogP contribution in [0.2, 0.25) is 0 Å². The Hall–Kier alpha value is -3.45. The van der Waals surface area contributed by atoms with Crippen molar-refractivity contribution in [3.05, 3.63) is 93.5 Å². The molecular weight excluding hydrogens is 460 g/mol. The maximum atomic E-state index is 12.2. The van der Waals surface area contributed by atoms with Crippen molar-refractivity contribution in [3.8, 4) is 11.5 Å². The first-order valence-corrected chi connectivity index (χ1v) is 10.3. The van der Waals surface area contributed by atoms with Crippen LogP contribution in [0.15, 0.2) is 76.3 Å². The largest absolute Gasteiger partial charge is 0.484 e. The maximum absolute atomic E-state index is 12.2. The fourth-order valence-electron chi connectivity index (χ4n) is 2.57. The molecule has 1 N–H and O–H groups in total. The Balaban J connectivity index is 1.47. The number of nitrogens with zero attached hydrogens (tertiary/aromatic N) is 1. The fraction of sp³-hybridized carbons (Fsp3) is 0.125. The van der Waals surface area contributed by atoms with E-state index in [2.05, 4.69) is 26.5 Å². The summed E-state index contributed by atoms with van der Waals surface area (Å²) in [6.07, 6.45) is 1.49. The standard InChI is InChI=1S/C24H21BrN2O4/c1-16-7-10-20(13-17(16)2)30-15-23(28)27-26-14-18-8-11-19(12-9-18)31-24(29)21-5-3-4-6-22(21)25/h3-14H,15H2,1-2H3,(H,27,28)/b26-14+. The van der Waals surface area contributed by atoms with Gasteiger partial charge in [0.15, 0.2) is 6.61 Å². The Morgan fingerprint density at radius 3 is 2.39 bits per heavy atom. The minimum Gasteiger partial charge on any atom is -0.484 e. The van der Waals surface area contributed by atoms with Crippen molar-refractivity contribution in [2.75, 3.05) is 6.61 Å². The van der Waals surface area contributed by atoms with E-state index in [0.29, 0.717) is 21.5 Å². The smallest absolute Gasteiger partial charge is 0.344 e. The minimum atomic E-state index is -0.454. The van der Waals surface area contributed by atoms with E-state index in [9.17, 15) is 9.59 Å². The van der Waals surface area contributed by atoms with Gasteiger partial charge in [-0.2, -0.15) is 5.10 Å². The quantitative estimate of drug-likeness (QED) is 0.227. The van der Waals surface area contributed by atoms with Crippen molar-refractivity contribution >= 4 is 34.0 Å². The minimum absolute atomic E-state index is 0.135. The van der Waals surface area contributed by atoms with E-state index in [4.69, 9.17) is 9.47 Å². The highest BCUT2D eigenvalue weighted by Crippen LogP contribution is 2.19. The van der Waals surface area contributed by atoms with Gasteiger partial charge in [0.1, 0.15) is 11.5 Å². The van der Waals surface area contributed by atoms with Gasteiger partial charge in [0.05, 0.1) is 11.8 Å². The van der Waals surface area contributed by atoms with Gasteiger partial charge in [-0.05, 0) is 95.0 Å². The number of hydrogen-bond donors (Lipinski definition) is 1. The zero-order valence-corrected chi connectivity index (χ0v) is 18.7. The Labute approximate surface area is 189 Å². The number of carbonyl (C=O) groups excluding carboxylic acids is 2. The van der Waals surface area contributed by atoms with Gasteiger partial charge in [0.25, 0.3) is 5.91 Å². The van der Waals surface area contributed by atoms with Gasteiger partial charge in [0.2, 0.25) is 0 Å². The molecule has 31 heavy (non-hydrogen) atoms. The predicted molar refractivity (Wildman–Crippen MR) is 123 cm³/mol. The highest BCUT2D eigenvalue weighted by molar-refractivity contribution is 9.10. The molecule has 3 aromatic rings. The number of hydrogen-bond acceptors (Lipinski definition) is 5. The number of ether oxygens (including phenoxy) is 2. The Morgan fingerprint density at radius 1 is 0.968 bits per heavy atom. The number of amides is 1. The summed E-state index contributed by atoms with van der Waals surface area (Å²) in [6, 6.07) is 19.5. The molecule has 0 atom stereocenters. The molecule has 0 unspecified atom stereocenters. The van der Waals surface area contributed by atoms with Crippen molar-refractivity contribution in [3.63, 3.8) is 0 Å². The summed E-state index contributed by atoms with van der Waals surface area (Å²) in [6.45, 7) is 3.86. The number of benzene rings is 3. The molecular formula is C24H21BrN2O4. The van der Waals surface area contributed by atoms with Crippen LogP contribution in [0.5, 0.6) is 11.5 Å². The van der Waals surface area contributed by atoms with Crippen LogP contribution in [-0.4, -0.2) is 24.7 Å². The first kappa shape index (κ1) is 22.2. The number of carbonyl (C=O) groups is 2. The van der Waals surface area contributed by atoms with E-state index >= 15 is 0 Å². The lowest BCUT2D eigenvalue weighted by molar-refractivity contribution is -0.123. The van der Waals surface area contributed by atoms with E-state index in [0.717, 1.165) is 16.7 Å². The molecule has 0 bridgehead atoms. The third kappa shape index (κ3) is 6.52. The van der Waals surface area contributed by atoms with Gasteiger partial charge in [0, 0.05) is 4.47 Å². The molecule has 0 radical (unpaired) electrons. The molecule has 1 amide bonds. The second-order valence-electron chi connectivity index (χ2n) is 6.77. The lowest BCUT2D eigenvalue weighted by atomic mass is 10.1. The summed E-state index contributed by atoms with van der Waals surface area (Å²) < 4.78 is 11.5. The third-order valence-electron chi connectivity index (χ3n) is 4.44. The van der Waals surface area contributed by atoms with E-state index in [1.807, 2.05) is 38.1 Å². The predicted octanol–water partition coefficient (Wildman–Crippen LogP) is 4.81. The number of halogens is 1. The Morgan fingerprint density at radius 2 is 1.68 bits per heavy atom. The SMILES string of the molecule is Cc1ccc(OCC(=O)N/N=C/c2ccc(OC(=O)c3ccccc3Br)cc2)cc1C. The second kappa shape index (κ2) is 10.5. The second-order valence-corrected chi connectivity index (χ2v) is 7.62. The molecule has 6 nitrogen and oxygen atoms in total. The highest BCUT2D eigenvalue weighted by Gasteiger charge is 2.11. The van der Waals surface area contributed by atoms with Crippen LogP contribution in [-0.2, 0) is 4.79 Å². The summed E-state index contributed by atoms with van der Waals surface area (Å²) in [5.74, 6) is 0.219. The van der Waals surface area contributed by atoms with Crippen molar-refractivity contribution in [1.82, 2.24) is 5.43 Å². The first-order chi connectivity index (χ1) is 14.9. The van der Waals surface area contributed by atoms with Crippen LogP contribution < -0.4 is 14.9 Å². The Kier molecular flexibility index (Phi) is 7.56. The summed E-state index contributed by atoms with van der Waals surface area (Å²) in [5.41, 5.74) is 5.85. The molecule has 0 aliphatic carbocycles. The number of esters is 1. The zero-order valence-electron chi connectivity index (χ0n) is 17.1. The number of rotatable bonds is 7. The number of nitrogens with one attached hydrogen (secondary N) is 1. The summed E-state index contributed by atoms with van der Waals surface area (Å²) in [5, 5.41) is 3.92. The van der Waals surface area contributed by atoms with Crippen LogP contribution in [0.3, 0.4) is 0 Å². The summed E-state index contributed by atoms with van der Waals surface area (Å²) >= 11 is 3.33. The average molecular weight is 481 g/mol. The lowest BCUT2D eigenvalue weighted by Crippen LogP contribution is -2.24. The molecule has 0 saturated carbocycles. The third-order valence-corrected chi connectivity index (χ3v) is 5.13. The monoisotopic (exact) mass is 480 g/mol. The lowest BCUT2D eigenvalue weighted by Gasteiger charge is -2.07. The van der Waals surface area contributed by atoms with E-state index in [1.54, 1.807) is 42.5 Å². The van der Waals surface area contributed by atoms with Crippen LogP contribution in [0.25, 0.3) is 0 Å². The highest BCUT2D eigenvalue weighted by atomic mass is 79.9. The molecule has 0 saturated heterocycles. The number of aryl methyl sites for hydroxylation is 2. The van der Waals surface area contributed by atoms with Gasteiger partial charge >= 0.3 is 5.97 Å². The topological polar surface area (TPSA) is 77.0 Å². The maximum Gasteiger partial charge on any atom is 0.344 e. The van der Waals surface area contributed by atoms with Crippen molar-refractivity contribution in [2.45, 2.75) is 13.8 Å². The molecule has 0 aliphatic rings. The van der Waals surface area contributed by atoms with Crippen LogP contribution in [0.4, 0.5) is 0 Å². The van der Waals surface area contributed by atoms with Crippen LogP contribution >= 0.6 is 15.9 Å². The molecule has 0 heterocycles. The van der Waals surface area contributed by atoms with Crippen molar-refractivity contribution < 1.29 is 19.1 Å². The number of hydrazone groups is 1. The Bertz CT molecular complexity index is 1110. The molecule has 0 aromatic heterocycles. The van der Waals surface area contributed by atoms with Gasteiger partial charge < -0.3 is 9.47 Å². The molecule has 0 fully saturated rings. The molecule has 0 spiro atoms. The molecule has 158 valence electrons. The van der Waals surface area contributed by atoms with Gasteiger partial charge in [-0.1, -0.05) is 18.2 Å². The fourth-order valence-corrected chi connectivity index (χ4v) is 3.02. The van der Waals surface area contributed by atoms with Crippen molar-refractivity contribution in [2.24, 2.45) is 5.10 Å². The van der Waals surface area contributed by atoms with E-state index in [-0.39, 0.29) is 12.5 Å². The van der Waals surface area contributed by atoms with Crippen molar-refractivity contribution in [1.29, 1.82) is 0 Å². The average Bonchev–Trinajstić information content (AvgIpc) is 2.76. The van der Waals surface area contributed by atoms with Crippen LogP contribution in [0.1, 0.15) is 27.0 Å². The first-order valence-electron chi connectivity index (χ1n) is 9.51. The van der Waals surface area contributed by atoms with Gasteiger partial charge in [-0.3, -0.25) is 4.79 Å². The molecule has 0 aliphatic heterocycles. The summed E-state index contributed by atoms with van der Waals surface area (Å²) in [7, 11) is 0. The van der Waals surface area contributed by atoms with Gasteiger partial charge in [-0.15, -0.1) is 0 Å². The summed E-state index contributed by atoms with van der Waals surface area (Å²) in [4.78, 5) is 24.1. The van der Waals surface area contributed by atoms with E-state index < -0.39 is 5.97 Å². The zero-order chi connectivity index (χ0) is 22.2. The normalized spacial score (nSPS) is 10.7.